The number of nitrogens with one attached hydrogen (secondary N) is 1. The van der Waals surface area contributed by atoms with E-state index in [-0.39, 0.29) is 11.9 Å². The summed E-state index contributed by atoms with van der Waals surface area (Å²) in [5, 5.41) is 2.91. The number of nitrogens with zero attached hydrogens (tertiary/aromatic N) is 2. The van der Waals surface area contributed by atoms with Gasteiger partial charge in [-0.3, -0.25) is 9.78 Å². The summed E-state index contributed by atoms with van der Waals surface area (Å²) >= 11 is 0. The molecule has 4 nitrogen and oxygen atoms in total. The van der Waals surface area contributed by atoms with E-state index >= 15 is 0 Å². The second-order valence-corrected chi connectivity index (χ2v) is 5.16. The number of hydrogen-bond acceptors (Lipinski definition) is 3. The van der Waals surface area contributed by atoms with Crippen molar-refractivity contribution < 1.29 is 4.79 Å². The summed E-state index contributed by atoms with van der Waals surface area (Å²) in [6.45, 7) is 6.14. The molecule has 1 N–H and O–H groups in total. The molecule has 1 aromatic heterocycles. The van der Waals surface area contributed by atoms with E-state index in [1.165, 1.54) is 6.08 Å². The Balaban J connectivity index is 2.07. The van der Waals surface area contributed by atoms with Crippen molar-refractivity contribution in [3.05, 3.63) is 42.2 Å². The smallest absolute Gasteiger partial charge is 0.244 e. The molecular weight excluding hydrogens is 250 g/mol. The number of hydrogen-bond donors (Lipinski definition) is 1. The summed E-state index contributed by atoms with van der Waals surface area (Å²) in [4.78, 5) is 20.5. The van der Waals surface area contributed by atoms with Gasteiger partial charge in [-0.05, 0) is 31.1 Å². The molecular formula is C16H19N3O. The van der Waals surface area contributed by atoms with E-state index in [1.807, 2.05) is 31.2 Å². The van der Waals surface area contributed by atoms with Crippen LogP contribution < -0.4 is 5.32 Å². The second-order valence-electron chi connectivity index (χ2n) is 5.16. The summed E-state index contributed by atoms with van der Waals surface area (Å²) in [5.74, 6) is 0.300. The highest BCUT2D eigenvalue weighted by Gasteiger charge is 2.08. The van der Waals surface area contributed by atoms with Crippen LogP contribution in [0.25, 0.3) is 17.1 Å². The molecule has 0 bridgehead atoms. The van der Waals surface area contributed by atoms with Crippen molar-refractivity contribution >= 4 is 23.0 Å². The van der Waals surface area contributed by atoms with Crippen LogP contribution in [0.1, 0.15) is 26.5 Å². The lowest BCUT2D eigenvalue weighted by Gasteiger charge is -2.15. The van der Waals surface area contributed by atoms with E-state index in [0.29, 0.717) is 11.6 Å². The predicted molar refractivity (Wildman–Crippen MR) is 81.0 cm³/mol. The summed E-state index contributed by atoms with van der Waals surface area (Å²) < 4.78 is 0. The van der Waals surface area contributed by atoms with Gasteiger partial charge < -0.3 is 5.32 Å². The van der Waals surface area contributed by atoms with Crippen LogP contribution in [-0.2, 0) is 4.79 Å². The standard InChI is InChI=1S/C16H19N3O/c1-11(2)12(3)18-16(20)9-8-13-10-17-14-6-4-5-7-15(14)19-13/h4-12H,1-3H3,(H,18,20)/b9-8+. The van der Waals surface area contributed by atoms with Crippen LogP contribution in [0.5, 0.6) is 0 Å². The highest BCUT2D eigenvalue weighted by atomic mass is 16.1. The van der Waals surface area contributed by atoms with E-state index < -0.39 is 0 Å². The van der Waals surface area contributed by atoms with Gasteiger partial charge in [0.25, 0.3) is 0 Å². The Morgan fingerprint density at radius 2 is 1.90 bits per heavy atom. The molecule has 2 rings (SSSR count). The Morgan fingerprint density at radius 1 is 1.20 bits per heavy atom. The van der Waals surface area contributed by atoms with Crippen molar-refractivity contribution in [2.75, 3.05) is 0 Å². The van der Waals surface area contributed by atoms with Crippen molar-refractivity contribution in [2.24, 2.45) is 5.92 Å². The molecule has 1 amide bonds. The molecule has 20 heavy (non-hydrogen) atoms. The summed E-state index contributed by atoms with van der Waals surface area (Å²) in [7, 11) is 0. The van der Waals surface area contributed by atoms with Gasteiger partial charge in [-0.15, -0.1) is 0 Å². The number of amides is 1. The number of rotatable bonds is 4. The molecule has 0 radical (unpaired) electrons. The lowest BCUT2D eigenvalue weighted by molar-refractivity contribution is -0.117. The molecule has 2 aromatic rings. The Morgan fingerprint density at radius 3 is 2.60 bits per heavy atom. The van der Waals surface area contributed by atoms with Crippen molar-refractivity contribution in [1.82, 2.24) is 15.3 Å². The van der Waals surface area contributed by atoms with Gasteiger partial charge in [0.2, 0.25) is 5.91 Å². The van der Waals surface area contributed by atoms with Crippen LogP contribution in [0.2, 0.25) is 0 Å². The average Bonchev–Trinajstić information content (AvgIpc) is 2.44. The lowest BCUT2D eigenvalue weighted by atomic mass is 10.1. The minimum atomic E-state index is -0.110. The SMILES string of the molecule is CC(C)C(C)NC(=O)/C=C/c1cnc2ccccc2n1. The van der Waals surface area contributed by atoms with Crippen LogP contribution in [0.4, 0.5) is 0 Å². The van der Waals surface area contributed by atoms with Crippen molar-refractivity contribution in [2.45, 2.75) is 26.8 Å². The maximum Gasteiger partial charge on any atom is 0.244 e. The van der Waals surface area contributed by atoms with Gasteiger partial charge in [-0.25, -0.2) is 4.98 Å². The molecule has 4 heteroatoms. The zero-order chi connectivity index (χ0) is 14.5. The van der Waals surface area contributed by atoms with E-state index in [2.05, 4.69) is 29.1 Å². The molecule has 104 valence electrons. The average molecular weight is 269 g/mol. The molecule has 0 aliphatic heterocycles. The first-order valence-electron chi connectivity index (χ1n) is 6.76. The number of fused-ring (bicyclic) bond motifs is 1. The van der Waals surface area contributed by atoms with E-state index in [0.717, 1.165) is 11.0 Å². The van der Waals surface area contributed by atoms with Gasteiger partial charge in [-0.1, -0.05) is 26.0 Å². The monoisotopic (exact) mass is 269 g/mol. The minimum Gasteiger partial charge on any atom is -0.350 e. The number of carbonyl (C=O) groups is 1. The highest BCUT2D eigenvalue weighted by Crippen LogP contribution is 2.09. The first kappa shape index (κ1) is 14.2. The van der Waals surface area contributed by atoms with E-state index in [1.54, 1.807) is 12.3 Å². The maximum absolute atomic E-state index is 11.7. The number of benzene rings is 1. The third-order valence-corrected chi connectivity index (χ3v) is 3.24. The predicted octanol–water partition coefficient (Wildman–Crippen LogP) is 2.80. The molecule has 0 spiro atoms. The largest absolute Gasteiger partial charge is 0.350 e. The van der Waals surface area contributed by atoms with Crippen molar-refractivity contribution in [3.8, 4) is 0 Å². The molecule has 0 aliphatic rings. The molecule has 1 aromatic carbocycles. The first-order valence-corrected chi connectivity index (χ1v) is 6.76. The fraction of sp³-hybridized carbons (Fsp3) is 0.312. The van der Waals surface area contributed by atoms with Crippen LogP contribution in [0.15, 0.2) is 36.5 Å². The van der Waals surface area contributed by atoms with Crippen LogP contribution in [0, 0.1) is 5.92 Å². The molecule has 1 atom stereocenters. The van der Waals surface area contributed by atoms with E-state index in [9.17, 15) is 4.79 Å². The summed E-state index contributed by atoms with van der Waals surface area (Å²) in [6, 6.07) is 7.80. The number of carbonyl (C=O) groups excluding carboxylic acids is 1. The van der Waals surface area contributed by atoms with E-state index in [4.69, 9.17) is 0 Å². The third-order valence-electron chi connectivity index (χ3n) is 3.24. The molecule has 0 aliphatic carbocycles. The fourth-order valence-electron chi connectivity index (χ4n) is 1.65. The Kier molecular flexibility index (Phi) is 4.45. The first-order chi connectivity index (χ1) is 9.56. The zero-order valence-electron chi connectivity index (χ0n) is 12.0. The lowest BCUT2D eigenvalue weighted by Crippen LogP contribution is -2.34. The number of para-hydroxylation sites is 2. The molecule has 0 saturated heterocycles. The van der Waals surface area contributed by atoms with Gasteiger partial charge >= 0.3 is 0 Å². The van der Waals surface area contributed by atoms with Crippen LogP contribution in [0.3, 0.4) is 0 Å². The third kappa shape index (κ3) is 3.63. The Labute approximate surface area is 118 Å². The molecule has 1 unspecified atom stereocenters. The Bertz CT molecular complexity index is 634. The summed E-state index contributed by atoms with van der Waals surface area (Å²) in [5.41, 5.74) is 2.35. The van der Waals surface area contributed by atoms with Crippen LogP contribution in [-0.4, -0.2) is 21.9 Å². The quantitative estimate of drug-likeness (QED) is 0.868. The summed E-state index contributed by atoms with van der Waals surface area (Å²) in [6.07, 6.45) is 4.84. The second kappa shape index (κ2) is 6.28. The zero-order valence-corrected chi connectivity index (χ0v) is 12.0. The topological polar surface area (TPSA) is 54.9 Å². The Hall–Kier alpha value is -2.23. The molecule has 0 saturated carbocycles. The minimum absolute atomic E-state index is 0.110. The van der Waals surface area contributed by atoms with Crippen molar-refractivity contribution in [1.29, 1.82) is 0 Å². The molecule has 0 fully saturated rings. The van der Waals surface area contributed by atoms with Gasteiger partial charge in [-0.2, -0.15) is 0 Å². The fourth-order valence-corrected chi connectivity index (χ4v) is 1.65. The van der Waals surface area contributed by atoms with Crippen LogP contribution >= 0.6 is 0 Å². The van der Waals surface area contributed by atoms with Crippen molar-refractivity contribution in [3.63, 3.8) is 0 Å². The van der Waals surface area contributed by atoms with Gasteiger partial charge in [0.15, 0.2) is 0 Å². The highest BCUT2D eigenvalue weighted by molar-refractivity contribution is 5.91. The molecule has 1 heterocycles. The normalized spacial score (nSPS) is 13.0. The van der Waals surface area contributed by atoms with Gasteiger partial charge in [0.05, 0.1) is 22.9 Å². The van der Waals surface area contributed by atoms with Gasteiger partial charge in [0.1, 0.15) is 0 Å². The maximum atomic E-state index is 11.7. The number of aromatic nitrogens is 2. The van der Waals surface area contributed by atoms with Gasteiger partial charge in [0, 0.05) is 12.1 Å².